The molecule has 0 saturated heterocycles. The Morgan fingerprint density at radius 2 is 1.19 bits per heavy atom. The van der Waals surface area contributed by atoms with Crippen molar-refractivity contribution in [3.63, 3.8) is 0 Å². The second-order valence-corrected chi connectivity index (χ2v) is 17.8. The Bertz CT molecular complexity index is 2910. The van der Waals surface area contributed by atoms with Gasteiger partial charge in [-0.1, -0.05) is 132 Å². The molecule has 0 heterocycles. The summed E-state index contributed by atoms with van der Waals surface area (Å²) in [5.74, 6) is 0. The minimum absolute atomic E-state index is 0.108. The summed E-state index contributed by atoms with van der Waals surface area (Å²) in [6, 6.07) is 36.1. The molecule has 258 valence electrons. The van der Waals surface area contributed by atoms with Crippen molar-refractivity contribution in [2.75, 3.05) is 0 Å². The van der Waals surface area contributed by atoms with Gasteiger partial charge in [-0.3, -0.25) is 0 Å². The molecule has 0 amide bonds. The lowest BCUT2D eigenvalue weighted by Gasteiger charge is -2.27. The molecule has 7 aromatic carbocycles. The highest BCUT2D eigenvalue weighted by Gasteiger charge is 2.36. The van der Waals surface area contributed by atoms with E-state index in [1.807, 2.05) is 0 Å². The molecule has 0 aliphatic heterocycles. The third kappa shape index (κ3) is 4.48. The van der Waals surface area contributed by atoms with Crippen LogP contribution in [0.2, 0.25) is 0 Å². The van der Waals surface area contributed by atoms with E-state index in [4.69, 9.17) is 0 Å². The molecule has 4 aliphatic rings. The van der Waals surface area contributed by atoms with Crippen molar-refractivity contribution >= 4 is 50.0 Å². The van der Waals surface area contributed by atoms with E-state index in [9.17, 15) is 0 Å². The van der Waals surface area contributed by atoms with E-state index >= 15 is 0 Å². The van der Waals surface area contributed by atoms with Crippen molar-refractivity contribution in [2.45, 2.75) is 84.0 Å². The molecular formula is C53H46. The SMILES string of the molecule is CC(C)(C)c1cc2ccc3ccc(-c4ccc5c(c4)C(C)(C)c4cc(-c6cc7c(c8c6=CCCC=8)C6=C(C=CCC6)CC7)ccc4-5)c4ccc(c1)c2c34. The fraction of sp³-hybridized carbons (Fsp3) is 0.245. The van der Waals surface area contributed by atoms with Crippen LogP contribution in [0, 0.1) is 0 Å². The molecule has 0 bridgehead atoms. The highest BCUT2D eigenvalue weighted by Crippen LogP contribution is 2.51. The van der Waals surface area contributed by atoms with Crippen LogP contribution >= 0.6 is 0 Å². The zero-order chi connectivity index (χ0) is 35.8. The fourth-order valence-electron chi connectivity index (χ4n) is 10.5. The van der Waals surface area contributed by atoms with E-state index in [1.165, 1.54) is 106 Å². The van der Waals surface area contributed by atoms with E-state index in [0.717, 1.165) is 25.7 Å². The highest BCUT2D eigenvalue weighted by atomic mass is 14.4. The van der Waals surface area contributed by atoms with Gasteiger partial charge in [-0.05, 0) is 177 Å². The van der Waals surface area contributed by atoms with Crippen LogP contribution in [-0.2, 0) is 17.3 Å². The van der Waals surface area contributed by atoms with Crippen LogP contribution < -0.4 is 10.4 Å². The maximum atomic E-state index is 2.57. The number of allylic oxidation sites excluding steroid dienone is 4. The Balaban J connectivity index is 1.03. The normalized spacial score (nSPS) is 17.0. The molecule has 0 N–H and O–H groups in total. The molecule has 0 radical (unpaired) electrons. The molecule has 0 heteroatoms. The summed E-state index contributed by atoms with van der Waals surface area (Å²) in [6.45, 7) is 11.8. The average molecular weight is 683 g/mol. The second kappa shape index (κ2) is 10.9. The monoisotopic (exact) mass is 682 g/mol. The maximum Gasteiger partial charge on any atom is 0.0159 e. The Morgan fingerprint density at radius 1 is 0.547 bits per heavy atom. The number of benzene rings is 7. The Labute approximate surface area is 313 Å². The molecule has 53 heavy (non-hydrogen) atoms. The fourth-order valence-corrected chi connectivity index (χ4v) is 10.5. The number of fused-ring (bicyclic) bond motifs is 7. The van der Waals surface area contributed by atoms with Gasteiger partial charge in [-0.15, -0.1) is 0 Å². The van der Waals surface area contributed by atoms with Gasteiger partial charge >= 0.3 is 0 Å². The molecule has 11 rings (SSSR count). The predicted octanol–water partition coefficient (Wildman–Crippen LogP) is 12.9. The lowest BCUT2D eigenvalue weighted by molar-refractivity contribution is 0.591. The Kier molecular flexibility index (Phi) is 6.46. The Morgan fingerprint density at radius 3 is 1.92 bits per heavy atom. The second-order valence-electron chi connectivity index (χ2n) is 17.8. The summed E-state index contributed by atoms with van der Waals surface area (Å²) in [4.78, 5) is 0. The molecule has 0 unspecified atom stereocenters. The summed E-state index contributed by atoms with van der Waals surface area (Å²) in [5.41, 5.74) is 18.7. The van der Waals surface area contributed by atoms with Gasteiger partial charge in [0.25, 0.3) is 0 Å². The van der Waals surface area contributed by atoms with Crippen molar-refractivity contribution in [3.05, 3.63) is 147 Å². The van der Waals surface area contributed by atoms with E-state index in [0.29, 0.717) is 0 Å². The molecule has 4 aliphatic carbocycles. The van der Waals surface area contributed by atoms with E-state index in [-0.39, 0.29) is 10.8 Å². The van der Waals surface area contributed by atoms with Crippen molar-refractivity contribution in [2.24, 2.45) is 0 Å². The number of aryl methyl sites for hydroxylation is 1. The van der Waals surface area contributed by atoms with Gasteiger partial charge in [-0.2, -0.15) is 0 Å². The lowest BCUT2D eigenvalue weighted by atomic mass is 9.77. The van der Waals surface area contributed by atoms with Crippen molar-refractivity contribution in [1.82, 2.24) is 0 Å². The van der Waals surface area contributed by atoms with Crippen LogP contribution in [0.1, 0.15) is 94.5 Å². The summed E-state index contributed by atoms with van der Waals surface area (Å²) < 4.78 is 0. The minimum Gasteiger partial charge on any atom is -0.0839 e. The van der Waals surface area contributed by atoms with Crippen LogP contribution in [0.25, 0.3) is 83.4 Å². The van der Waals surface area contributed by atoms with Crippen LogP contribution in [0.3, 0.4) is 0 Å². The molecule has 0 aromatic heterocycles. The molecule has 0 spiro atoms. The molecule has 0 saturated carbocycles. The van der Waals surface area contributed by atoms with Gasteiger partial charge in [0.05, 0.1) is 0 Å². The number of hydrogen-bond acceptors (Lipinski definition) is 0. The van der Waals surface area contributed by atoms with Crippen LogP contribution in [0.15, 0.2) is 109 Å². The van der Waals surface area contributed by atoms with Gasteiger partial charge < -0.3 is 0 Å². The number of hydrogen-bond donors (Lipinski definition) is 0. The first-order valence-corrected chi connectivity index (χ1v) is 19.9. The van der Waals surface area contributed by atoms with Crippen LogP contribution in [-0.4, -0.2) is 0 Å². The molecule has 7 aromatic rings. The van der Waals surface area contributed by atoms with Crippen LogP contribution in [0.4, 0.5) is 0 Å². The first-order valence-electron chi connectivity index (χ1n) is 19.9. The van der Waals surface area contributed by atoms with E-state index in [2.05, 4.69) is 150 Å². The molecule has 0 fully saturated rings. The molecular weight excluding hydrogens is 637 g/mol. The van der Waals surface area contributed by atoms with Gasteiger partial charge in [0.1, 0.15) is 0 Å². The van der Waals surface area contributed by atoms with Crippen molar-refractivity contribution in [3.8, 4) is 33.4 Å². The average Bonchev–Trinajstić information content (AvgIpc) is 3.40. The van der Waals surface area contributed by atoms with Crippen molar-refractivity contribution in [1.29, 1.82) is 0 Å². The first-order chi connectivity index (χ1) is 25.6. The van der Waals surface area contributed by atoms with Gasteiger partial charge in [0.2, 0.25) is 0 Å². The van der Waals surface area contributed by atoms with E-state index < -0.39 is 0 Å². The summed E-state index contributed by atoms with van der Waals surface area (Å²) in [6.07, 6.45) is 16.8. The zero-order valence-electron chi connectivity index (χ0n) is 31.7. The van der Waals surface area contributed by atoms with Gasteiger partial charge in [-0.25, -0.2) is 0 Å². The molecule has 0 nitrogen and oxygen atoms in total. The van der Waals surface area contributed by atoms with Crippen LogP contribution in [0.5, 0.6) is 0 Å². The third-order valence-electron chi connectivity index (χ3n) is 13.3. The quantitative estimate of drug-likeness (QED) is 0.159. The number of rotatable bonds is 2. The zero-order valence-corrected chi connectivity index (χ0v) is 31.7. The first kappa shape index (κ1) is 31.3. The largest absolute Gasteiger partial charge is 0.0839 e. The van der Waals surface area contributed by atoms with Gasteiger partial charge in [0.15, 0.2) is 0 Å². The predicted molar refractivity (Wildman–Crippen MR) is 228 cm³/mol. The summed E-state index contributed by atoms with van der Waals surface area (Å²) >= 11 is 0. The molecule has 0 atom stereocenters. The van der Waals surface area contributed by atoms with Crippen molar-refractivity contribution < 1.29 is 0 Å². The topological polar surface area (TPSA) is 0 Å². The summed E-state index contributed by atoms with van der Waals surface area (Å²) in [5, 5.41) is 11.1. The minimum atomic E-state index is -0.109. The van der Waals surface area contributed by atoms with E-state index in [1.54, 1.807) is 22.3 Å². The summed E-state index contributed by atoms with van der Waals surface area (Å²) in [7, 11) is 0. The standard InChI is InChI=1S/C53H46/c1-52(2,3)38-26-35-17-15-32-18-22-39(45-25-21-36(27-38)49(35)51(32)45)33-19-23-42-43-24-20-34(30-48(43)53(4,5)47(42)29-33)46-28-37-16-14-31-10-6-7-11-40(31)50(37)44-13-9-8-12-41(44)46/h6,10,12-13,15,17-30H,7-9,11,14,16H2,1-5H3. The Hall–Kier alpha value is -5.20. The van der Waals surface area contributed by atoms with Gasteiger partial charge in [0, 0.05) is 5.41 Å². The smallest absolute Gasteiger partial charge is 0.0159 e. The third-order valence-corrected chi connectivity index (χ3v) is 13.3. The lowest BCUT2D eigenvalue weighted by Crippen LogP contribution is -2.35. The maximum absolute atomic E-state index is 2.57. The highest BCUT2D eigenvalue weighted by molar-refractivity contribution is 6.25.